The van der Waals surface area contributed by atoms with Crippen LogP contribution in [-0.2, 0) is 9.22 Å². The molecule has 0 bridgehead atoms. The molecular formula is C14H24O4Si. The third kappa shape index (κ3) is 4.60. The molecule has 0 radical (unpaired) electrons. The third-order valence-electron chi connectivity index (χ3n) is 3.69. The average Bonchev–Trinajstić information content (AvgIpc) is 2.78. The van der Waals surface area contributed by atoms with Gasteiger partial charge in [-0.15, -0.1) is 0 Å². The predicted octanol–water partition coefficient (Wildman–Crippen LogP) is 3.29. The molecule has 1 aromatic heterocycles. The SMILES string of the molecule is CC(C)(C)[Si](C)(C)OCC(=O)C[C@@H](O)c1ccco1. The van der Waals surface area contributed by atoms with Gasteiger partial charge in [-0.1, -0.05) is 20.8 Å². The summed E-state index contributed by atoms with van der Waals surface area (Å²) in [6.45, 7) is 10.6. The lowest BCUT2D eigenvalue weighted by Gasteiger charge is -2.35. The Morgan fingerprint density at radius 3 is 2.58 bits per heavy atom. The minimum atomic E-state index is -1.91. The quantitative estimate of drug-likeness (QED) is 0.814. The van der Waals surface area contributed by atoms with Gasteiger partial charge in [0.15, 0.2) is 14.1 Å². The van der Waals surface area contributed by atoms with Crippen molar-refractivity contribution in [1.82, 2.24) is 0 Å². The summed E-state index contributed by atoms with van der Waals surface area (Å²) in [6, 6.07) is 3.35. The molecule has 0 aliphatic rings. The number of carbonyl (C=O) groups excluding carboxylic acids is 1. The zero-order valence-corrected chi connectivity index (χ0v) is 13.4. The molecule has 0 aliphatic heterocycles. The van der Waals surface area contributed by atoms with Gasteiger partial charge in [-0.3, -0.25) is 4.79 Å². The topological polar surface area (TPSA) is 59.7 Å². The van der Waals surface area contributed by atoms with E-state index in [-0.39, 0.29) is 23.8 Å². The van der Waals surface area contributed by atoms with Gasteiger partial charge in [0.1, 0.15) is 11.9 Å². The third-order valence-corrected chi connectivity index (χ3v) is 8.17. The largest absolute Gasteiger partial charge is 0.467 e. The van der Waals surface area contributed by atoms with Gasteiger partial charge in [-0.25, -0.2) is 0 Å². The summed E-state index contributed by atoms with van der Waals surface area (Å²) in [5.74, 6) is 0.314. The van der Waals surface area contributed by atoms with Crippen molar-refractivity contribution in [1.29, 1.82) is 0 Å². The van der Waals surface area contributed by atoms with Crippen LogP contribution in [0.1, 0.15) is 39.1 Å². The highest BCUT2D eigenvalue weighted by Crippen LogP contribution is 2.36. The molecule has 108 valence electrons. The summed E-state index contributed by atoms with van der Waals surface area (Å²) < 4.78 is 10.9. The minimum absolute atomic E-state index is 0.0299. The molecule has 0 fully saturated rings. The summed E-state index contributed by atoms with van der Waals surface area (Å²) in [5, 5.41) is 9.89. The van der Waals surface area contributed by atoms with Gasteiger partial charge in [-0.2, -0.15) is 0 Å². The van der Waals surface area contributed by atoms with E-state index in [0.717, 1.165) is 0 Å². The number of ketones is 1. The van der Waals surface area contributed by atoms with E-state index in [4.69, 9.17) is 8.84 Å². The minimum Gasteiger partial charge on any atom is -0.467 e. The Hall–Kier alpha value is -0.913. The second kappa shape index (κ2) is 6.03. The number of carbonyl (C=O) groups is 1. The van der Waals surface area contributed by atoms with Gasteiger partial charge in [0.2, 0.25) is 0 Å². The first kappa shape index (κ1) is 16.1. The lowest BCUT2D eigenvalue weighted by molar-refractivity contribution is -0.123. The zero-order valence-electron chi connectivity index (χ0n) is 12.4. The highest BCUT2D eigenvalue weighted by atomic mass is 28.4. The summed E-state index contributed by atoms with van der Waals surface area (Å²) in [4.78, 5) is 11.8. The van der Waals surface area contributed by atoms with Crippen LogP contribution in [0, 0.1) is 0 Å². The van der Waals surface area contributed by atoms with Crippen LogP contribution in [0.25, 0.3) is 0 Å². The van der Waals surface area contributed by atoms with Crippen LogP contribution in [0.3, 0.4) is 0 Å². The van der Waals surface area contributed by atoms with E-state index in [0.29, 0.717) is 5.76 Å². The van der Waals surface area contributed by atoms with Crippen LogP contribution in [0.2, 0.25) is 18.1 Å². The molecular weight excluding hydrogens is 260 g/mol. The molecule has 0 amide bonds. The Bertz CT molecular complexity index is 404. The number of rotatable bonds is 6. The van der Waals surface area contributed by atoms with Gasteiger partial charge in [0.25, 0.3) is 0 Å². The Kier molecular flexibility index (Phi) is 5.12. The molecule has 0 spiro atoms. The summed E-state index contributed by atoms with van der Waals surface area (Å²) in [5.41, 5.74) is 0. The zero-order chi connectivity index (χ0) is 14.7. The van der Waals surface area contributed by atoms with Crippen LogP contribution in [0.15, 0.2) is 22.8 Å². The van der Waals surface area contributed by atoms with E-state index in [1.165, 1.54) is 6.26 Å². The maximum Gasteiger partial charge on any atom is 0.192 e. The standard InChI is InChI=1S/C14H24O4Si/c1-14(2,3)19(4,5)18-10-11(15)9-12(16)13-7-6-8-17-13/h6-8,12,16H,9-10H2,1-5H3/t12-/m1/s1. The number of hydrogen-bond donors (Lipinski definition) is 1. The number of aliphatic hydroxyl groups is 1. The van der Waals surface area contributed by atoms with Crippen molar-refractivity contribution in [2.75, 3.05) is 6.61 Å². The molecule has 1 heterocycles. The molecule has 5 heteroatoms. The van der Waals surface area contributed by atoms with Gasteiger partial charge in [0, 0.05) is 6.42 Å². The van der Waals surface area contributed by atoms with Crippen LogP contribution in [0.4, 0.5) is 0 Å². The highest BCUT2D eigenvalue weighted by molar-refractivity contribution is 6.74. The molecule has 4 nitrogen and oxygen atoms in total. The average molecular weight is 284 g/mol. The van der Waals surface area contributed by atoms with E-state index in [1.807, 2.05) is 0 Å². The van der Waals surface area contributed by atoms with E-state index in [1.54, 1.807) is 12.1 Å². The molecule has 19 heavy (non-hydrogen) atoms. The maximum atomic E-state index is 11.8. The Balaban J connectivity index is 2.45. The van der Waals surface area contributed by atoms with Crippen LogP contribution < -0.4 is 0 Å². The second-order valence-electron chi connectivity index (χ2n) is 6.32. The smallest absolute Gasteiger partial charge is 0.192 e. The fourth-order valence-electron chi connectivity index (χ4n) is 1.33. The van der Waals surface area contributed by atoms with E-state index in [9.17, 15) is 9.90 Å². The van der Waals surface area contributed by atoms with Crippen molar-refractivity contribution in [2.24, 2.45) is 0 Å². The summed E-state index contributed by atoms with van der Waals surface area (Å²) in [6.07, 6.45) is 0.627. The van der Waals surface area contributed by atoms with Crippen molar-refractivity contribution in [3.63, 3.8) is 0 Å². The van der Waals surface area contributed by atoms with Crippen molar-refractivity contribution >= 4 is 14.1 Å². The first-order chi connectivity index (χ1) is 8.63. The maximum absolute atomic E-state index is 11.8. The summed E-state index contributed by atoms with van der Waals surface area (Å²) in [7, 11) is -1.91. The molecule has 0 aromatic carbocycles. The monoisotopic (exact) mass is 284 g/mol. The predicted molar refractivity (Wildman–Crippen MR) is 76.4 cm³/mol. The number of furan rings is 1. The number of aliphatic hydroxyl groups excluding tert-OH is 1. The molecule has 0 saturated heterocycles. The molecule has 0 aliphatic carbocycles. The van der Waals surface area contributed by atoms with Gasteiger partial charge >= 0.3 is 0 Å². The van der Waals surface area contributed by atoms with Crippen molar-refractivity contribution in [3.8, 4) is 0 Å². The molecule has 1 rings (SSSR count). The van der Waals surface area contributed by atoms with Crippen LogP contribution >= 0.6 is 0 Å². The Labute approximate surface area is 115 Å². The van der Waals surface area contributed by atoms with Gasteiger partial charge < -0.3 is 13.9 Å². The number of Topliss-reactive ketones (excluding diaryl/α,β-unsaturated/α-hetero) is 1. The number of hydrogen-bond acceptors (Lipinski definition) is 4. The van der Waals surface area contributed by atoms with Gasteiger partial charge in [-0.05, 0) is 30.3 Å². The fraction of sp³-hybridized carbons (Fsp3) is 0.643. The second-order valence-corrected chi connectivity index (χ2v) is 11.1. The van der Waals surface area contributed by atoms with Gasteiger partial charge in [0.05, 0.1) is 12.9 Å². The van der Waals surface area contributed by atoms with Crippen molar-refractivity contribution < 1.29 is 18.7 Å². The molecule has 0 saturated carbocycles. The lowest BCUT2D eigenvalue weighted by Crippen LogP contribution is -2.42. The Morgan fingerprint density at radius 2 is 2.11 bits per heavy atom. The lowest BCUT2D eigenvalue weighted by atomic mass is 10.1. The van der Waals surface area contributed by atoms with Crippen LogP contribution in [-0.4, -0.2) is 25.8 Å². The molecule has 1 aromatic rings. The highest BCUT2D eigenvalue weighted by Gasteiger charge is 2.37. The van der Waals surface area contributed by atoms with Crippen molar-refractivity contribution in [2.45, 2.75) is 51.4 Å². The normalized spacial score (nSPS) is 14.4. The fourth-order valence-corrected chi connectivity index (χ4v) is 2.29. The molecule has 1 atom stereocenters. The summed E-state index contributed by atoms with van der Waals surface area (Å²) >= 11 is 0. The Morgan fingerprint density at radius 1 is 1.47 bits per heavy atom. The van der Waals surface area contributed by atoms with Crippen molar-refractivity contribution in [3.05, 3.63) is 24.2 Å². The first-order valence-corrected chi connectivity index (χ1v) is 9.41. The molecule has 0 unspecified atom stereocenters. The molecule has 1 N–H and O–H groups in total. The van der Waals surface area contributed by atoms with E-state index in [2.05, 4.69) is 33.9 Å². The van der Waals surface area contributed by atoms with E-state index < -0.39 is 14.4 Å². The first-order valence-electron chi connectivity index (χ1n) is 6.50. The van der Waals surface area contributed by atoms with Crippen LogP contribution in [0.5, 0.6) is 0 Å². The van der Waals surface area contributed by atoms with E-state index >= 15 is 0 Å².